The molecular formula is C88H128F2N10O22S2. The lowest BCUT2D eigenvalue weighted by Gasteiger charge is -2.47. The number of fused-ring (bicyclic) bond motifs is 10. The van der Waals surface area contributed by atoms with Gasteiger partial charge in [0.15, 0.2) is 37.4 Å². The van der Waals surface area contributed by atoms with Gasteiger partial charge in [-0.15, -0.1) is 22.7 Å². The summed E-state index contributed by atoms with van der Waals surface area (Å²) in [6, 6.07) is 17.5. The molecule has 4 aromatic rings. The fraction of sp³-hybridized carbons (Fsp3) is 0.682. The van der Waals surface area contributed by atoms with Crippen molar-refractivity contribution in [2.24, 2.45) is 55.8 Å². The van der Waals surface area contributed by atoms with Gasteiger partial charge >= 0.3 is 11.9 Å². The molecule has 2 amide bonds. The van der Waals surface area contributed by atoms with Crippen molar-refractivity contribution < 1.29 is 115 Å². The number of thiophene rings is 2. The van der Waals surface area contributed by atoms with Gasteiger partial charge in [-0.25, -0.2) is 38.3 Å². The number of anilines is 2. The van der Waals surface area contributed by atoms with E-state index in [0.717, 1.165) is 33.4 Å². The quantitative estimate of drug-likeness (QED) is 0.0345. The molecule has 36 heteroatoms. The normalized spacial score (nSPS) is 38.0. The zero-order valence-electron chi connectivity index (χ0n) is 75.2. The van der Waals surface area contributed by atoms with Gasteiger partial charge in [-0.05, 0) is 182 Å². The number of aliphatic hydroxyl groups is 4. The summed E-state index contributed by atoms with van der Waals surface area (Å²) in [5.74, 6) is -11.4. The molecule has 6 aliphatic rings. The minimum absolute atomic E-state index is 0.00484. The Morgan fingerprint density at radius 1 is 0.548 bits per heavy atom. The van der Waals surface area contributed by atoms with Crippen molar-refractivity contribution in [2.45, 2.75) is 296 Å². The second-order valence-electron chi connectivity index (χ2n) is 35.5. The maximum atomic E-state index is 16.9. The van der Waals surface area contributed by atoms with E-state index in [4.69, 9.17) is 68.5 Å². The number of rotatable bonds is 16. The summed E-state index contributed by atoms with van der Waals surface area (Å²) >= 11 is 2.89. The molecule has 4 aromatic heterocycles. The number of hydrogen-bond acceptors (Lipinski definition) is 32. The molecule has 6 aliphatic heterocycles. The number of carbonyl (C=O) groups is 6. The first-order chi connectivity index (χ1) is 58.0. The van der Waals surface area contributed by atoms with E-state index in [0.29, 0.717) is 47.3 Å². The van der Waals surface area contributed by atoms with E-state index in [1.807, 2.05) is 114 Å². The standard InChI is InChI=1S/2C44H64FN5O11S/c2*1-12-33-44(9,55)39-25(4)35(47-27(6)51)23(2)19-42(7,57-21-28(20-56-39)49-58-22-29-16-17-32(62-29)30-14-13-15-34(46)48-30)38(26(5)37(53)43(8,45)41(54)60-33)61-40-36(52)31(50(10)11)18-24(3)59-40/h2*13-17,23-26,31,33,36,38-40,52,55H,12,18-22H2,1-11H3,(H2,46,48)/b2*47-35?,49-28+/t2*23-,24-,25+,26+,31+,33-,36-,38-,39-,40+,42-,43+,44-/m11/s1. The highest BCUT2D eigenvalue weighted by Crippen LogP contribution is 2.45. The molecule has 0 aliphatic carbocycles. The average molecular weight is 1780 g/mol. The van der Waals surface area contributed by atoms with Gasteiger partial charge in [-0.3, -0.25) is 19.2 Å². The number of hydrogen-bond donors (Lipinski definition) is 6. The van der Waals surface area contributed by atoms with E-state index in [9.17, 15) is 49.2 Å². The Bertz CT molecular complexity index is 4230. The number of cyclic esters (lactones) is 2. The zero-order chi connectivity index (χ0) is 91.8. The Kier molecular flexibility index (Phi) is 33.7. The Morgan fingerprint density at radius 2 is 0.903 bits per heavy atom. The molecule has 32 nitrogen and oxygen atoms in total. The van der Waals surface area contributed by atoms with Crippen LogP contribution in [-0.4, -0.2) is 272 Å². The van der Waals surface area contributed by atoms with Crippen LogP contribution in [0, 0.1) is 35.5 Å². The van der Waals surface area contributed by atoms with Gasteiger partial charge in [0.25, 0.3) is 11.3 Å². The van der Waals surface area contributed by atoms with E-state index >= 15 is 8.78 Å². The molecule has 10 heterocycles. The number of ketones is 2. The molecule has 0 aromatic carbocycles. The Labute approximate surface area is 732 Å². The number of Topliss-reactive ketones (excluding diaryl/α,β-unsaturated/α-hetero) is 2. The first kappa shape index (κ1) is 100. The number of carbonyl (C=O) groups excluding carboxylic acids is 6. The molecule has 4 bridgehead atoms. The molecule has 6 fully saturated rings. The van der Waals surface area contributed by atoms with Crippen molar-refractivity contribution in [3.8, 4) is 21.1 Å². The monoisotopic (exact) mass is 1780 g/mol. The van der Waals surface area contributed by atoms with Crippen LogP contribution in [0.1, 0.15) is 173 Å². The average Bonchev–Trinajstić information content (AvgIpc) is 1.29. The highest BCUT2D eigenvalue weighted by molar-refractivity contribution is 7.15. The fourth-order valence-corrected chi connectivity index (χ4v) is 19.7. The van der Waals surface area contributed by atoms with E-state index in [-0.39, 0.29) is 89.0 Å². The lowest BCUT2D eigenvalue weighted by molar-refractivity contribution is -0.296. The number of nitrogen functional groups attached to an aromatic ring is 2. The largest absolute Gasteiger partial charge is 0.457 e. The number of ether oxygens (including phenoxy) is 10. The highest BCUT2D eigenvalue weighted by atomic mass is 32.1. The number of amides is 2. The van der Waals surface area contributed by atoms with Crippen molar-refractivity contribution in [1.82, 2.24) is 19.8 Å². The lowest BCUT2D eigenvalue weighted by Crippen LogP contribution is -2.61. The van der Waals surface area contributed by atoms with E-state index in [1.165, 1.54) is 64.2 Å². The molecule has 0 saturated carbocycles. The van der Waals surface area contributed by atoms with Gasteiger partial charge < -0.3 is 98.7 Å². The summed E-state index contributed by atoms with van der Waals surface area (Å²) in [5.41, 5.74) is 0.648. The molecule has 8 N–H and O–H groups in total. The van der Waals surface area contributed by atoms with E-state index in [2.05, 4.69) is 30.3 Å². The van der Waals surface area contributed by atoms with Crippen LogP contribution >= 0.6 is 22.7 Å². The highest BCUT2D eigenvalue weighted by Gasteiger charge is 2.60. The minimum atomic E-state index is -3.22. The Balaban J connectivity index is 0.000000281. The number of nitrogens with zero attached hydrogens (tertiary/aromatic N) is 8. The summed E-state index contributed by atoms with van der Waals surface area (Å²) in [4.78, 5) is 119. The summed E-state index contributed by atoms with van der Waals surface area (Å²) in [7, 11) is 7.27. The number of likely N-dealkylation sites (N-methyl/N-ethyl adjacent to an activating group) is 2. The van der Waals surface area contributed by atoms with Crippen LogP contribution in [-0.2, 0) is 99.0 Å². The van der Waals surface area contributed by atoms with Crippen molar-refractivity contribution in [3.05, 3.63) is 70.4 Å². The first-order valence-electron chi connectivity index (χ1n) is 42.3. The number of nitrogens with two attached hydrogens (primary N) is 2. The SMILES string of the molecule is CC[C@H]1OC(=O)[C@@](C)(F)C(=O)[C@H](C)[C@@H](O[C@@H]2O[C@H](C)C[C@H](N(C)C)[C@H]2O)[C@@]2(C)C[C@@H](C)C(=NC(C)=O)[C@H](C)[C@@H](OC/C(=N\OCc3ccc(-c4cccc(N)n4)s3)CO2)[C@]1(C)O.CC[C@H]1OC(=O)[C@@](C)(F)C(=O)[C@H](C)[C@@H](O[C@@H]2O[C@H](C)C[C@H](N(C)C)[C@H]2O)[C@@]2(C)C[C@@H](C)C(=NC(C)=O)[C@H](C)[C@@H](OC/C(=N\OCc3ccc(-c4cccc(N)n4)s3)CO2)[C@]1(C)O. The van der Waals surface area contributed by atoms with Crippen molar-refractivity contribution in [2.75, 3.05) is 66.1 Å². The Morgan fingerprint density at radius 3 is 1.23 bits per heavy atom. The van der Waals surface area contributed by atoms with Gasteiger partial charge in [0.2, 0.25) is 11.8 Å². The van der Waals surface area contributed by atoms with Gasteiger partial charge in [0.1, 0.15) is 58.7 Å². The van der Waals surface area contributed by atoms with Crippen LogP contribution in [0.3, 0.4) is 0 Å². The maximum Gasteiger partial charge on any atom is 0.351 e. The molecule has 0 spiro atoms. The van der Waals surface area contributed by atoms with Crippen molar-refractivity contribution in [3.63, 3.8) is 0 Å². The molecule has 26 atom stereocenters. The summed E-state index contributed by atoms with van der Waals surface area (Å²) in [6.07, 6.45) is -13.0. The molecular weight excluding hydrogens is 1650 g/mol. The number of alkyl halides is 2. The third-order valence-corrected chi connectivity index (χ3v) is 26.6. The van der Waals surface area contributed by atoms with Crippen molar-refractivity contribution in [1.29, 1.82) is 0 Å². The van der Waals surface area contributed by atoms with Crippen LogP contribution in [0.25, 0.3) is 21.1 Å². The lowest BCUT2D eigenvalue weighted by atomic mass is 9.73. The maximum absolute atomic E-state index is 16.9. The van der Waals surface area contributed by atoms with Crippen LogP contribution in [0.4, 0.5) is 20.4 Å². The summed E-state index contributed by atoms with van der Waals surface area (Å²) < 4.78 is 97.7. The summed E-state index contributed by atoms with van der Waals surface area (Å²) in [5, 5.41) is 57.0. The number of oxime groups is 2. The fourth-order valence-electron chi connectivity index (χ4n) is 18.0. The second-order valence-corrected chi connectivity index (χ2v) is 37.8. The van der Waals surface area contributed by atoms with Gasteiger partial charge in [-0.1, -0.05) is 77.8 Å². The minimum Gasteiger partial charge on any atom is -0.457 e. The predicted molar refractivity (Wildman–Crippen MR) is 462 cm³/mol. The van der Waals surface area contributed by atoms with Gasteiger partial charge in [0.05, 0.1) is 95.4 Å². The molecule has 6 saturated heterocycles. The number of pyridine rings is 2. The predicted octanol–water partition coefficient (Wildman–Crippen LogP) is 9.84. The third-order valence-electron chi connectivity index (χ3n) is 24.5. The van der Waals surface area contributed by atoms with Crippen LogP contribution < -0.4 is 11.5 Å². The smallest absolute Gasteiger partial charge is 0.351 e. The molecule has 688 valence electrons. The van der Waals surface area contributed by atoms with Crippen molar-refractivity contribution >= 4 is 92.5 Å². The van der Waals surface area contributed by atoms with Crippen LogP contribution in [0.2, 0.25) is 0 Å². The number of esters is 2. The first-order valence-corrected chi connectivity index (χ1v) is 43.9. The van der Waals surface area contributed by atoms with Crippen LogP contribution in [0.15, 0.2) is 81.0 Å². The molecule has 0 radical (unpaired) electrons. The molecule has 124 heavy (non-hydrogen) atoms. The molecule has 0 unspecified atom stereocenters. The van der Waals surface area contributed by atoms with Gasteiger partial charge in [-0.2, -0.15) is 0 Å². The van der Waals surface area contributed by atoms with Crippen LogP contribution in [0.5, 0.6) is 0 Å². The topological polar surface area (TPSA) is 428 Å². The summed E-state index contributed by atoms with van der Waals surface area (Å²) in [6.45, 7) is 26.3. The second kappa shape index (κ2) is 41.7. The molecule has 10 rings (SSSR count). The zero-order valence-corrected chi connectivity index (χ0v) is 76.9. The van der Waals surface area contributed by atoms with E-state index < -0.39 is 178 Å². The van der Waals surface area contributed by atoms with E-state index in [1.54, 1.807) is 53.7 Å². The van der Waals surface area contributed by atoms with Gasteiger partial charge in [0, 0.05) is 70.8 Å². The number of aromatic nitrogens is 2. The Hall–Kier alpha value is -7.50. The third kappa shape index (κ3) is 23.5. The number of aliphatic imine (C=N–C) groups is 2. The number of aliphatic hydroxyl groups excluding tert-OH is 2. The number of halogens is 2.